The van der Waals surface area contributed by atoms with Crippen LogP contribution in [0, 0.1) is 11.8 Å². The zero-order valence-electron chi connectivity index (χ0n) is 21.3. The summed E-state index contributed by atoms with van der Waals surface area (Å²) in [5.41, 5.74) is 2.31. The van der Waals surface area contributed by atoms with Crippen LogP contribution in [0.2, 0.25) is 0 Å². The molecule has 3 fully saturated rings. The maximum atomic E-state index is 13.5. The number of piperidine rings is 3. The highest BCUT2D eigenvalue weighted by molar-refractivity contribution is 5.77. The lowest BCUT2D eigenvalue weighted by molar-refractivity contribution is -0.136. The van der Waals surface area contributed by atoms with E-state index in [0.717, 1.165) is 37.5 Å². The molecule has 8 nitrogen and oxygen atoms in total. The summed E-state index contributed by atoms with van der Waals surface area (Å²) >= 11 is 0. The van der Waals surface area contributed by atoms with Crippen LogP contribution in [0.4, 0.5) is 0 Å². The molecule has 0 unspecified atom stereocenters. The van der Waals surface area contributed by atoms with E-state index in [1.54, 1.807) is 14.2 Å². The molecule has 1 amide bonds. The van der Waals surface area contributed by atoms with Crippen molar-refractivity contribution in [1.82, 2.24) is 19.9 Å². The highest BCUT2D eigenvalue weighted by Crippen LogP contribution is 2.45. The first kappa shape index (κ1) is 23.5. The molecule has 192 valence electrons. The first-order valence-corrected chi connectivity index (χ1v) is 13.4. The SMILES string of the molecule is COc1ccc(-c2noc(CCC(=O)N3CCCC4=C[C@H]5C[C@@H](CN6CCCC[C@@H]56)[C@H]43)n2)cc1OC. The lowest BCUT2D eigenvalue weighted by Crippen LogP contribution is -2.60. The Morgan fingerprint density at radius 1 is 1.14 bits per heavy atom. The summed E-state index contributed by atoms with van der Waals surface area (Å²) in [5.74, 6) is 3.67. The van der Waals surface area contributed by atoms with Crippen LogP contribution in [-0.2, 0) is 11.2 Å². The Hall–Kier alpha value is -2.87. The van der Waals surface area contributed by atoms with Crippen molar-refractivity contribution in [3.8, 4) is 22.9 Å². The molecule has 6 rings (SSSR count). The van der Waals surface area contributed by atoms with E-state index in [1.165, 1.54) is 37.8 Å². The number of amides is 1. The fourth-order valence-electron chi connectivity index (χ4n) is 7.06. The summed E-state index contributed by atoms with van der Waals surface area (Å²) in [7, 11) is 3.20. The highest BCUT2D eigenvalue weighted by Gasteiger charge is 2.46. The van der Waals surface area contributed by atoms with Crippen molar-refractivity contribution < 1.29 is 18.8 Å². The summed E-state index contributed by atoms with van der Waals surface area (Å²) in [6, 6.07) is 6.52. The largest absolute Gasteiger partial charge is 0.493 e. The minimum absolute atomic E-state index is 0.204. The van der Waals surface area contributed by atoms with Gasteiger partial charge in [0, 0.05) is 37.5 Å². The van der Waals surface area contributed by atoms with Crippen LogP contribution in [0.3, 0.4) is 0 Å². The number of methoxy groups -OCH3 is 2. The van der Waals surface area contributed by atoms with E-state index in [2.05, 4.69) is 26.0 Å². The van der Waals surface area contributed by atoms with Gasteiger partial charge in [-0.1, -0.05) is 23.2 Å². The third-order valence-corrected chi connectivity index (χ3v) is 8.64. The summed E-state index contributed by atoms with van der Waals surface area (Å²) < 4.78 is 16.2. The quantitative estimate of drug-likeness (QED) is 0.562. The van der Waals surface area contributed by atoms with Gasteiger partial charge < -0.3 is 18.9 Å². The van der Waals surface area contributed by atoms with Gasteiger partial charge in [0.05, 0.1) is 20.3 Å². The van der Waals surface area contributed by atoms with E-state index < -0.39 is 0 Å². The molecule has 2 aromatic rings. The summed E-state index contributed by atoms with van der Waals surface area (Å²) in [6.45, 7) is 3.22. The van der Waals surface area contributed by atoms with Gasteiger partial charge in [0.2, 0.25) is 17.6 Å². The van der Waals surface area contributed by atoms with Gasteiger partial charge in [-0.2, -0.15) is 4.98 Å². The molecule has 8 heteroatoms. The van der Waals surface area contributed by atoms with Crippen LogP contribution < -0.4 is 9.47 Å². The maximum Gasteiger partial charge on any atom is 0.227 e. The molecule has 3 aliphatic heterocycles. The molecule has 3 saturated heterocycles. The number of aryl methyl sites for hydroxylation is 1. The van der Waals surface area contributed by atoms with Crippen LogP contribution in [-0.4, -0.2) is 71.8 Å². The first-order chi connectivity index (χ1) is 17.6. The second-order valence-corrected chi connectivity index (χ2v) is 10.7. The van der Waals surface area contributed by atoms with Crippen LogP contribution in [0.5, 0.6) is 11.5 Å². The predicted molar refractivity (Wildman–Crippen MR) is 135 cm³/mol. The second-order valence-electron chi connectivity index (χ2n) is 10.7. The number of aromatic nitrogens is 2. The minimum atomic E-state index is 0.204. The van der Waals surface area contributed by atoms with Crippen molar-refractivity contribution in [3.05, 3.63) is 35.7 Å². The molecule has 1 aromatic carbocycles. The molecular formula is C28H36N4O4. The minimum Gasteiger partial charge on any atom is -0.493 e. The fourth-order valence-corrected chi connectivity index (χ4v) is 7.06. The molecule has 0 saturated carbocycles. The van der Waals surface area contributed by atoms with Gasteiger partial charge in [0.1, 0.15) is 0 Å². The van der Waals surface area contributed by atoms with E-state index in [4.69, 9.17) is 14.0 Å². The molecule has 36 heavy (non-hydrogen) atoms. The van der Waals surface area contributed by atoms with E-state index in [0.29, 0.717) is 47.9 Å². The number of hydrogen-bond donors (Lipinski definition) is 0. The smallest absolute Gasteiger partial charge is 0.227 e. The van der Waals surface area contributed by atoms with Crippen LogP contribution in [0.15, 0.2) is 34.4 Å². The maximum absolute atomic E-state index is 13.5. The van der Waals surface area contributed by atoms with E-state index >= 15 is 0 Å². The highest BCUT2D eigenvalue weighted by atomic mass is 16.5. The number of benzene rings is 1. The van der Waals surface area contributed by atoms with Crippen LogP contribution >= 0.6 is 0 Å². The summed E-state index contributed by atoms with van der Waals surface area (Å²) in [4.78, 5) is 22.9. The number of hydrogen-bond acceptors (Lipinski definition) is 7. The average Bonchev–Trinajstić information content (AvgIpc) is 3.40. The molecule has 0 spiro atoms. The number of ether oxygens (including phenoxy) is 2. The molecular weight excluding hydrogens is 456 g/mol. The predicted octanol–water partition coefficient (Wildman–Crippen LogP) is 4.11. The Balaban J connectivity index is 1.13. The number of likely N-dealkylation sites (tertiary alicyclic amines) is 1. The Bertz CT molecular complexity index is 1140. The zero-order valence-corrected chi connectivity index (χ0v) is 21.3. The van der Waals surface area contributed by atoms with E-state index in [9.17, 15) is 4.79 Å². The van der Waals surface area contributed by atoms with E-state index in [1.807, 2.05) is 18.2 Å². The first-order valence-electron chi connectivity index (χ1n) is 13.4. The molecule has 1 aromatic heterocycles. The van der Waals surface area contributed by atoms with Crippen molar-refractivity contribution in [2.45, 2.75) is 63.5 Å². The Labute approximate surface area is 212 Å². The Morgan fingerprint density at radius 2 is 2.03 bits per heavy atom. The summed E-state index contributed by atoms with van der Waals surface area (Å²) in [5, 5.41) is 4.13. The average molecular weight is 493 g/mol. The van der Waals surface area contributed by atoms with Gasteiger partial charge in [0.15, 0.2) is 11.5 Å². The van der Waals surface area contributed by atoms with Gasteiger partial charge >= 0.3 is 0 Å². The number of fused-ring (bicyclic) bond motifs is 6. The third kappa shape index (κ3) is 4.29. The molecule has 2 bridgehead atoms. The van der Waals surface area contributed by atoms with Gasteiger partial charge in [-0.25, -0.2) is 0 Å². The van der Waals surface area contributed by atoms with Gasteiger partial charge in [0.25, 0.3) is 0 Å². The third-order valence-electron chi connectivity index (χ3n) is 8.64. The number of rotatable bonds is 6. The molecule has 4 atom stereocenters. The Kier molecular flexibility index (Phi) is 6.46. The molecule has 4 aliphatic rings. The summed E-state index contributed by atoms with van der Waals surface area (Å²) in [6.07, 6.45) is 10.9. The lowest BCUT2D eigenvalue weighted by Gasteiger charge is -2.54. The van der Waals surface area contributed by atoms with Gasteiger partial charge in [-0.3, -0.25) is 9.69 Å². The zero-order chi connectivity index (χ0) is 24.6. The van der Waals surface area contributed by atoms with Gasteiger partial charge in [-0.05, 0) is 68.7 Å². The number of carbonyl (C=O) groups excluding carboxylic acids is 1. The monoisotopic (exact) mass is 492 g/mol. The molecule has 4 heterocycles. The van der Waals surface area contributed by atoms with Crippen molar-refractivity contribution in [2.75, 3.05) is 33.9 Å². The van der Waals surface area contributed by atoms with E-state index in [-0.39, 0.29) is 11.9 Å². The standard InChI is InChI=1S/C28H36N4O4/c1-34-23-9-8-19(16-24(23)35-2)28-29-25(36-30-28)10-11-26(33)32-13-5-6-18-14-20-15-21(27(18)32)17-31-12-4-3-7-22(20)31/h8-9,14,16,20-22,27H,3-7,10-13,15,17H2,1-2H3/t20-,21-,22-,27-/m0/s1. The molecule has 0 radical (unpaired) electrons. The molecule has 1 aliphatic carbocycles. The topological polar surface area (TPSA) is 80.9 Å². The molecule has 0 N–H and O–H groups in total. The fraction of sp³-hybridized carbons (Fsp3) is 0.607. The van der Waals surface area contributed by atoms with Gasteiger partial charge in [-0.15, -0.1) is 0 Å². The normalized spacial score (nSPS) is 27.6. The van der Waals surface area contributed by atoms with Crippen molar-refractivity contribution in [2.24, 2.45) is 11.8 Å². The second kappa shape index (κ2) is 9.88. The van der Waals surface area contributed by atoms with Crippen LogP contribution in [0.1, 0.15) is 50.8 Å². The number of nitrogens with zero attached hydrogens (tertiary/aromatic N) is 4. The van der Waals surface area contributed by atoms with Crippen molar-refractivity contribution in [3.63, 3.8) is 0 Å². The van der Waals surface area contributed by atoms with Crippen molar-refractivity contribution >= 4 is 5.91 Å². The van der Waals surface area contributed by atoms with Crippen LogP contribution in [0.25, 0.3) is 11.4 Å². The number of carbonyl (C=O) groups is 1. The van der Waals surface area contributed by atoms with Crippen molar-refractivity contribution in [1.29, 1.82) is 0 Å². The lowest BCUT2D eigenvalue weighted by atomic mass is 9.68. The Morgan fingerprint density at radius 3 is 2.89 bits per heavy atom.